The van der Waals surface area contributed by atoms with Gasteiger partial charge in [-0.05, 0) is 40.9 Å². The summed E-state index contributed by atoms with van der Waals surface area (Å²) < 4.78 is 0. The van der Waals surface area contributed by atoms with Crippen LogP contribution in [0.25, 0.3) is 11.4 Å². The van der Waals surface area contributed by atoms with Gasteiger partial charge in [0.05, 0.1) is 0 Å². The molecule has 22 heavy (non-hydrogen) atoms. The molecule has 0 aliphatic carbocycles. The molecular weight excluding hydrogens is 268 g/mol. The van der Waals surface area contributed by atoms with Crippen molar-refractivity contribution in [1.29, 1.82) is 0 Å². The molecule has 2 aliphatic rings. The number of hydrogen-bond donors (Lipinski definition) is 2. The van der Waals surface area contributed by atoms with Gasteiger partial charge < -0.3 is 10.6 Å². The molecule has 0 aromatic heterocycles. The molecule has 1 aromatic carbocycles. The third kappa shape index (κ3) is 3.06. The predicted octanol–water partition coefficient (Wildman–Crippen LogP) is 4.12. The molecule has 0 unspecified atom stereocenters. The van der Waals surface area contributed by atoms with Crippen molar-refractivity contribution in [1.82, 2.24) is 10.6 Å². The van der Waals surface area contributed by atoms with Crippen LogP contribution in [0.3, 0.4) is 0 Å². The van der Waals surface area contributed by atoms with Gasteiger partial charge in [-0.2, -0.15) is 0 Å². The molecule has 0 spiro atoms. The lowest BCUT2D eigenvalue weighted by Gasteiger charge is -2.10. The Morgan fingerprint density at radius 2 is 1.27 bits per heavy atom. The van der Waals surface area contributed by atoms with Crippen LogP contribution in [0.5, 0.6) is 0 Å². The number of benzene rings is 1. The summed E-state index contributed by atoms with van der Waals surface area (Å²) >= 11 is 0. The van der Waals surface area contributed by atoms with Crippen LogP contribution in [0.15, 0.2) is 36.4 Å². The van der Waals surface area contributed by atoms with Gasteiger partial charge in [0.2, 0.25) is 0 Å². The predicted molar refractivity (Wildman–Crippen MR) is 95.1 cm³/mol. The Balaban J connectivity index is 1.82. The maximum atomic E-state index is 3.57. The fourth-order valence-corrected chi connectivity index (χ4v) is 3.23. The maximum Gasteiger partial charge on any atom is 0.0377 e. The molecular formula is C20H28N2. The summed E-state index contributed by atoms with van der Waals surface area (Å²) in [6.07, 6.45) is 4.80. The van der Waals surface area contributed by atoms with E-state index in [-0.39, 0.29) is 0 Å². The normalized spacial score (nSPS) is 24.3. The Morgan fingerprint density at radius 1 is 0.818 bits per heavy atom. The minimum atomic E-state index is 0.646. The average molecular weight is 296 g/mol. The first kappa shape index (κ1) is 15.2. The van der Waals surface area contributed by atoms with Crippen LogP contribution >= 0.6 is 0 Å². The zero-order valence-electron chi connectivity index (χ0n) is 14.2. The van der Waals surface area contributed by atoms with Gasteiger partial charge in [0.25, 0.3) is 0 Å². The smallest absolute Gasteiger partial charge is 0.0377 e. The third-order valence-electron chi connectivity index (χ3n) is 5.02. The second-order valence-electron chi connectivity index (χ2n) is 7.32. The molecule has 0 radical (unpaired) electrons. The van der Waals surface area contributed by atoms with Crippen molar-refractivity contribution in [3.63, 3.8) is 0 Å². The Morgan fingerprint density at radius 3 is 1.64 bits per heavy atom. The van der Waals surface area contributed by atoms with Crippen LogP contribution in [0, 0.1) is 23.7 Å². The van der Waals surface area contributed by atoms with E-state index in [0.29, 0.717) is 23.7 Å². The highest BCUT2D eigenvalue weighted by Gasteiger charge is 2.21. The molecule has 2 N–H and O–H groups in total. The lowest BCUT2D eigenvalue weighted by molar-refractivity contribution is 0.477. The van der Waals surface area contributed by atoms with Crippen molar-refractivity contribution in [3.8, 4) is 0 Å². The molecule has 3 rings (SSSR count). The molecule has 0 saturated heterocycles. The van der Waals surface area contributed by atoms with Gasteiger partial charge in [-0.25, -0.2) is 0 Å². The van der Waals surface area contributed by atoms with Crippen molar-refractivity contribution >= 4 is 11.4 Å². The van der Waals surface area contributed by atoms with Crippen molar-refractivity contribution in [2.75, 3.05) is 13.1 Å². The van der Waals surface area contributed by atoms with Gasteiger partial charge in [-0.1, -0.05) is 58.0 Å². The Labute approximate surface area is 134 Å². The fourth-order valence-electron chi connectivity index (χ4n) is 3.23. The van der Waals surface area contributed by atoms with E-state index < -0.39 is 0 Å². The molecule has 2 atom stereocenters. The summed E-state index contributed by atoms with van der Waals surface area (Å²) in [7, 11) is 0. The minimum Gasteiger partial charge on any atom is -0.384 e. The first-order chi connectivity index (χ1) is 10.5. The molecule has 0 bridgehead atoms. The van der Waals surface area contributed by atoms with Gasteiger partial charge in [0, 0.05) is 24.5 Å². The number of hydrogen-bond acceptors (Lipinski definition) is 2. The summed E-state index contributed by atoms with van der Waals surface area (Å²) in [5.74, 6) is 2.68. The maximum absolute atomic E-state index is 3.57. The summed E-state index contributed by atoms with van der Waals surface area (Å²) in [5, 5.41) is 7.14. The SMILES string of the molecule is CC(C)[C@@H]1C=C(c2cccc(C3=C[C@@H](C(C)C)CN3)c2)NC1. The first-order valence-electron chi connectivity index (χ1n) is 8.57. The van der Waals surface area contributed by atoms with Gasteiger partial charge in [-0.3, -0.25) is 0 Å². The summed E-state index contributed by atoms with van der Waals surface area (Å²) in [6.45, 7) is 11.3. The van der Waals surface area contributed by atoms with Gasteiger partial charge >= 0.3 is 0 Å². The number of rotatable bonds is 4. The van der Waals surface area contributed by atoms with Gasteiger partial charge in [0.15, 0.2) is 0 Å². The Kier molecular flexibility index (Phi) is 4.28. The van der Waals surface area contributed by atoms with Crippen LogP contribution in [-0.2, 0) is 0 Å². The lowest BCUT2D eigenvalue weighted by Crippen LogP contribution is -2.16. The van der Waals surface area contributed by atoms with Crippen molar-refractivity contribution in [3.05, 3.63) is 47.5 Å². The highest BCUT2D eigenvalue weighted by atomic mass is 14.9. The Hall–Kier alpha value is -1.70. The highest BCUT2D eigenvalue weighted by molar-refractivity contribution is 5.73. The van der Waals surface area contributed by atoms with Crippen molar-refractivity contribution in [2.45, 2.75) is 27.7 Å². The van der Waals surface area contributed by atoms with E-state index in [0.717, 1.165) is 13.1 Å². The molecule has 2 heterocycles. The molecule has 118 valence electrons. The van der Waals surface area contributed by atoms with Crippen LogP contribution < -0.4 is 10.6 Å². The highest BCUT2D eigenvalue weighted by Crippen LogP contribution is 2.28. The average Bonchev–Trinajstić information content (AvgIpc) is 3.17. The van der Waals surface area contributed by atoms with E-state index in [4.69, 9.17) is 0 Å². The lowest BCUT2D eigenvalue weighted by atomic mass is 9.96. The molecule has 2 heteroatoms. The molecule has 0 saturated carbocycles. The van der Waals surface area contributed by atoms with E-state index in [2.05, 4.69) is 74.7 Å². The van der Waals surface area contributed by atoms with E-state index in [1.807, 2.05) is 0 Å². The van der Waals surface area contributed by atoms with Crippen LogP contribution in [0.1, 0.15) is 38.8 Å². The van der Waals surface area contributed by atoms with Gasteiger partial charge in [-0.15, -0.1) is 0 Å². The molecule has 1 aromatic rings. The second-order valence-corrected chi connectivity index (χ2v) is 7.32. The topological polar surface area (TPSA) is 24.1 Å². The summed E-state index contributed by atoms with van der Waals surface area (Å²) in [4.78, 5) is 0. The third-order valence-corrected chi connectivity index (χ3v) is 5.02. The van der Waals surface area contributed by atoms with E-state index in [1.165, 1.54) is 22.5 Å². The van der Waals surface area contributed by atoms with E-state index >= 15 is 0 Å². The van der Waals surface area contributed by atoms with Crippen LogP contribution in [0.4, 0.5) is 0 Å². The monoisotopic (exact) mass is 296 g/mol. The van der Waals surface area contributed by atoms with Gasteiger partial charge in [0.1, 0.15) is 0 Å². The van der Waals surface area contributed by atoms with Crippen molar-refractivity contribution < 1.29 is 0 Å². The van der Waals surface area contributed by atoms with Crippen molar-refractivity contribution in [2.24, 2.45) is 23.7 Å². The molecule has 2 aliphatic heterocycles. The first-order valence-corrected chi connectivity index (χ1v) is 8.57. The quantitative estimate of drug-likeness (QED) is 0.873. The minimum absolute atomic E-state index is 0.646. The van der Waals surface area contributed by atoms with E-state index in [1.54, 1.807) is 0 Å². The number of nitrogens with one attached hydrogen (secondary N) is 2. The summed E-state index contributed by atoms with van der Waals surface area (Å²) in [6, 6.07) is 8.89. The van der Waals surface area contributed by atoms with E-state index in [9.17, 15) is 0 Å². The largest absolute Gasteiger partial charge is 0.384 e. The van der Waals surface area contributed by atoms with Crippen LogP contribution in [0.2, 0.25) is 0 Å². The standard InChI is InChI=1S/C20H28N2/c1-13(2)17-9-19(21-11-17)15-6-5-7-16(8-15)20-10-18(12-22-20)14(3)4/h5-10,13-14,17-18,21-22H,11-12H2,1-4H3/t17-,18-/m1/s1. The molecule has 2 nitrogen and oxygen atoms in total. The zero-order valence-corrected chi connectivity index (χ0v) is 14.2. The fraction of sp³-hybridized carbons (Fsp3) is 0.500. The Bertz CT molecular complexity index is 546. The molecule has 0 amide bonds. The summed E-state index contributed by atoms with van der Waals surface area (Å²) in [5.41, 5.74) is 5.19. The van der Waals surface area contributed by atoms with Crippen LogP contribution in [-0.4, -0.2) is 13.1 Å². The zero-order chi connectivity index (χ0) is 15.7. The second kappa shape index (κ2) is 6.20. The molecule has 0 fully saturated rings.